The predicted molar refractivity (Wildman–Crippen MR) is 65.7 cm³/mol. The summed E-state index contributed by atoms with van der Waals surface area (Å²) in [6.45, 7) is 2.25. The van der Waals surface area contributed by atoms with Crippen LogP contribution in [0.5, 0.6) is 0 Å². The number of hydrogen-bond donors (Lipinski definition) is 0. The lowest BCUT2D eigenvalue weighted by atomic mass is 9.93. The van der Waals surface area contributed by atoms with Gasteiger partial charge in [-0.25, -0.2) is 0 Å². The van der Waals surface area contributed by atoms with Gasteiger partial charge in [-0.05, 0) is 32.1 Å². The van der Waals surface area contributed by atoms with Crippen molar-refractivity contribution in [1.29, 1.82) is 0 Å². The van der Waals surface area contributed by atoms with Crippen LogP contribution in [0.15, 0.2) is 11.6 Å². The van der Waals surface area contributed by atoms with E-state index in [2.05, 4.69) is 11.0 Å². The Labute approximate surface area is 103 Å². The van der Waals surface area contributed by atoms with E-state index < -0.39 is 0 Å². The van der Waals surface area contributed by atoms with Crippen LogP contribution in [-0.4, -0.2) is 36.1 Å². The summed E-state index contributed by atoms with van der Waals surface area (Å²) in [7, 11) is 0. The van der Waals surface area contributed by atoms with Crippen LogP contribution in [0.1, 0.15) is 44.9 Å². The topological polar surface area (TPSA) is 29.5 Å². The Kier molecular flexibility index (Phi) is 2.95. The van der Waals surface area contributed by atoms with Gasteiger partial charge >= 0.3 is 0 Å². The molecule has 3 aliphatic rings. The van der Waals surface area contributed by atoms with Crippen molar-refractivity contribution in [2.45, 2.75) is 50.5 Å². The third-order valence-electron chi connectivity index (χ3n) is 4.50. The lowest BCUT2D eigenvalue weighted by molar-refractivity contribution is -0.144. The van der Waals surface area contributed by atoms with Crippen LogP contribution in [0.3, 0.4) is 0 Å². The van der Waals surface area contributed by atoms with Crippen molar-refractivity contribution >= 4 is 5.91 Å². The summed E-state index contributed by atoms with van der Waals surface area (Å²) < 4.78 is 5.64. The maximum Gasteiger partial charge on any atom is 0.250 e. The molecule has 1 amide bonds. The number of ether oxygens (including phenoxy) is 1. The zero-order valence-corrected chi connectivity index (χ0v) is 10.4. The van der Waals surface area contributed by atoms with Gasteiger partial charge in [0.25, 0.3) is 0 Å². The number of carbonyl (C=O) groups is 1. The number of hydrogen-bond acceptors (Lipinski definition) is 2. The van der Waals surface area contributed by atoms with Crippen molar-refractivity contribution in [2.75, 3.05) is 19.8 Å². The Bertz CT molecular complexity index is 342. The molecule has 17 heavy (non-hydrogen) atoms. The average Bonchev–Trinajstić information content (AvgIpc) is 3.00. The maximum absolute atomic E-state index is 12.6. The van der Waals surface area contributed by atoms with E-state index >= 15 is 0 Å². The molecule has 0 aromatic heterocycles. The summed E-state index contributed by atoms with van der Waals surface area (Å²) in [4.78, 5) is 14.7. The SMILES string of the molecule is O=C(C1=CCCC1)N1CCOCC12CCCC2. The van der Waals surface area contributed by atoms with Gasteiger partial charge in [0.15, 0.2) is 0 Å². The molecular weight excluding hydrogens is 214 g/mol. The van der Waals surface area contributed by atoms with Crippen molar-refractivity contribution in [3.05, 3.63) is 11.6 Å². The van der Waals surface area contributed by atoms with E-state index in [9.17, 15) is 4.79 Å². The Morgan fingerprint density at radius 3 is 2.82 bits per heavy atom. The van der Waals surface area contributed by atoms with Crippen molar-refractivity contribution in [2.24, 2.45) is 0 Å². The lowest BCUT2D eigenvalue weighted by Crippen LogP contribution is -2.57. The van der Waals surface area contributed by atoms with Crippen LogP contribution in [0.25, 0.3) is 0 Å². The molecule has 1 aliphatic heterocycles. The minimum absolute atomic E-state index is 0.0404. The normalized spacial score (nSPS) is 27.5. The molecule has 0 aromatic carbocycles. The van der Waals surface area contributed by atoms with Crippen LogP contribution < -0.4 is 0 Å². The minimum atomic E-state index is 0.0404. The number of carbonyl (C=O) groups excluding carboxylic acids is 1. The van der Waals surface area contributed by atoms with E-state index in [0.717, 1.165) is 50.8 Å². The second kappa shape index (κ2) is 4.45. The first-order valence-electron chi connectivity index (χ1n) is 6.91. The fourth-order valence-electron chi connectivity index (χ4n) is 3.54. The first kappa shape index (κ1) is 11.3. The molecule has 2 aliphatic carbocycles. The van der Waals surface area contributed by atoms with Crippen LogP contribution in [0.2, 0.25) is 0 Å². The second-order valence-electron chi connectivity index (χ2n) is 5.56. The molecular formula is C14H21NO2. The summed E-state index contributed by atoms with van der Waals surface area (Å²) in [6.07, 6.45) is 10.1. The van der Waals surface area contributed by atoms with Gasteiger partial charge in [-0.2, -0.15) is 0 Å². The molecule has 3 rings (SSSR count). The summed E-state index contributed by atoms with van der Waals surface area (Å²) >= 11 is 0. The summed E-state index contributed by atoms with van der Waals surface area (Å²) in [5, 5.41) is 0. The van der Waals surface area contributed by atoms with Crippen LogP contribution >= 0.6 is 0 Å². The number of amides is 1. The fraction of sp³-hybridized carbons (Fsp3) is 0.786. The molecule has 0 N–H and O–H groups in total. The van der Waals surface area contributed by atoms with E-state index in [1.165, 1.54) is 12.8 Å². The van der Waals surface area contributed by atoms with Gasteiger partial charge in [0.2, 0.25) is 5.91 Å². The molecule has 1 spiro atoms. The molecule has 94 valence electrons. The average molecular weight is 235 g/mol. The van der Waals surface area contributed by atoms with Gasteiger partial charge in [0.1, 0.15) is 0 Å². The lowest BCUT2D eigenvalue weighted by Gasteiger charge is -2.45. The Balaban J connectivity index is 1.81. The maximum atomic E-state index is 12.6. The largest absolute Gasteiger partial charge is 0.377 e. The van der Waals surface area contributed by atoms with E-state index in [4.69, 9.17) is 4.74 Å². The second-order valence-corrected chi connectivity index (χ2v) is 5.56. The van der Waals surface area contributed by atoms with E-state index in [1.807, 2.05) is 0 Å². The monoisotopic (exact) mass is 235 g/mol. The fourth-order valence-corrected chi connectivity index (χ4v) is 3.54. The first-order chi connectivity index (χ1) is 8.32. The van der Waals surface area contributed by atoms with E-state index in [-0.39, 0.29) is 5.54 Å². The van der Waals surface area contributed by atoms with Crippen molar-refractivity contribution in [1.82, 2.24) is 4.90 Å². The van der Waals surface area contributed by atoms with Crippen molar-refractivity contribution in [3.63, 3.8) is 0 Å². The molecule has 0 radical (unpaired) electrons. The number of nitrogens with zero attached hydrogens (tertiary/aromatic N) is 1. The minimum Gasteiger partial charge on any atom is -0.377 e. The summed E-state index contributed by atoms with van der Waals surface area (Å²) in [6, 6.07) is 0. The standard InChI is InChI=1S/C14H21NO2/c16-13(12-5-1-2-6-12)15-9-10-17-11-14(15)7-3-4-8-14/h5H,1-4,6-11H2. The van der Waals surface area contributed by atoms with Crippen LogP contribution in [-0.2, 0) is 9.53 Å². The third-order valence-corrected chi connectivity index (χ3v) is 4.50. The molecule has 3 nitrogen and oxygen atoms in total. The quantitative estimate of drug-likeness (QED) is 0.697. The molecule has 1 saturated carbocycles. The highest BCUT2D eigenvalue weighted by atomic mass is 16.5. The highest BCUT2D eigenvalue weighted by molar-refractivity contribution is 5.94. The molecule has 0 unspecified atom stereocenters. The smallest absolute Gasteiger partial charge is 0.250 e. The van der Waals surface area contributed by atoms with Crippen LogP contribution in [0.4, 0.5) is 0 Å². The number of allylic oxidation sites excluding steroid dienone is 1. The highest BCUT2D eigenvalue weighted by Crippen LogP contribution is 2.38. The number of morpholine rings is 1. The van der Waals surface area contributed by atoms with E-state index in [0.29, 0.717) is 12.5 Å². The zero-order chi connectivity index (χ0) is 11.7. The summed E-state index contributed by atoms with van der Waals surface area (Å²) in [5.74, 6) is 0.299. The van der Waals surface area contributed by atoms with E-state index in [1.54, 1.807) is 0 Å². The zero-order valence-electron chi connectivity index (χ0n) is 10.4. The Morgan fingerprint density at radius 2 is 2.12 bits per heavy atom. The van der Waals surface area contributed by atoms with Crippen molar-refractivity contribution < 1.29 is 9.53 Å². The van der Waals surface area contributed by atoms with Gasteiger partial charge in [-0.1, -0.05) is 18.9 Å². The Morgan fingerprint density at radius 1 is 1.29 bits per heavy atom. The van der Waals surface area contributed by atoms with Crippen molar-refractivity contribution in [3.8, 4) is 0 Å². The summed E-state index contributed by atoms with van der Waals surface area (Å²) in [5.41, 5.74) is 1.09. The molecule has 3 heteroatoms. The molecule has 1 heterocycles. The van der Waals surface area contributed by atoms with Crippen LogP contribution in [0, 0.1) is 0 Å². The predicted octanol–water partition coefficient (Wildman–Crippen LogP) is 2.27. The van der Waals surface area contributed by atoms with Gasteiger partial charge in [-0.3, -0.25) is 4.79 Å². The number of rotatable bonds is 1. The highest BCUT2D eigenvalue weighted by Gasteiger charge is 2.44. The molecule has 0 bridgehead atoms. The molecule has 0 aromatic rings. The third kappa shape index (κ3) is 1.90. The molecule has 0 atom stereocenters. The first-order valence-corrected chi connectivity index (χ1v) is 6.91. The van der Waals surface area contributed by atoms with Gasteiger partial charge < -0.3 is 9.64 Å². The Hall–Kier alpha value is -0.830. The molecule has 2 fully saturated rings. The van der Waals surface area contributed by atoms with Gasteiger partial charge in [0.05, 0.1) is 18.8 Å². The van der Waals surface area contributed by atoms with Gasteiger partial charge in [0, 0.05) is 12.1 Å². The molecule has 1 saturated heterocycles. The van der Waals surface area contributed by atoms with Gasteiger partial charge in [-0.15, -0.1) is 0 Å².